The van der Waals surface area contributed by atoms with E-state index in [2.05, 4.69) is 25.4 Å². The highest BCUT2D eigenvalue weighted by molar-refractivity contribution is 5.95. The normalized spacial score (nSPS) is 15.8. The minimum Gasteiger partial charge on any atom is -0.497 e. The van der Waals surface area contributed by atoms with Crippen molar-refractivity contribution in [2.45, 2.75) is 18.6 Å². The van der Waals surface area contributed by atoms with Gasteiger partial charge in [-0.05, 0) is 48.0 Å². The minimum atomic E-state index is -0.613. The number of hydrogen-bond donors (Lipinski definition) is 4. The van der Waals surface area contributed by atoms with E-state index in [0.29, 0.717) is 36.1 Å². The molecule has 1 aliphatic rings. The molecule has 0 bridgehead atoms. The van der Waals surface area contributed by atoms with Crippen LogP contribution in [-0.4, -0.2) is 57.0 Å². The second-order valence-electron chi connectivity index (χ2n) is 8.39. The number of benzene rings is 2. The predicted octanol–water partition coefficient (Wildman–Crippen LogP) is 2.01. The highest BCUT2D eigenvalue weighted by Gasteiger charge is 2.24. The quantitative estimate of drug-likeness (QED) is 0.198. The van der Waals surface area contributed by atoms with Gasteiger partial charge in [-0.3, -0.25) is 10.4 Å². The zero-order chi connectivity index (χ0) is 25.8. The lowest BCUT2D eigenvalue weighted by Crippen LogP contribution is -2.18. The van der Waals surface area contributed by atoms with Crippen molar-refractivity contribution in [2.75, 3.05) is 25.6 Å². The van der Waals surface area contributed by atoms with Gasteiger partial charge in [0.1, 0.15) is 29.5 Å². The molecule has 0 spiro atoms. The van der Waals surface area contributed by atoms with Crippen LogP contribution >= 0.6 is 0 Å². The van der Waals surface area contributed by atoms with Crippen molar-refractivity contribution in [1.29, 1.82) is 5.41 Å². The molecule has 3 heterocycles. The van der Waals surface area contributed by atoms with Crippen LogP contribution in [-0.2, 0) is 4.74 Å². The largest absolute Gasteiger partial charge is 0.497 e. The molecule has 0 saturated carbocycles. The van der Waals surface area contributed by atoms with Gasteiger partial charge in [-0.15, -0.1) is 9.78 Å². The maximum Gasteiger partial charge on any atom is 0.350 e. The predicted molar refractivity (Wildman–Crippen MR) is 136 cm³/mol. The van der Waals surface area contributed by atoms with E-state index in [4.69, 9.17) is 25.4 Å². The van der Waals surface area contributed by atoms with E-state index in [-0.39, 0.29) is 17.9 Å². The molecule has 2 aromatic carbocycles. The Hall–Kier alpha value is -4.71. The van der Waals surface area contributed by atoms with Crippen molar-refractivity contribution in [1.82, 2.24) is 24.7 Å². The van der Waals surface area contributed by atoms with E-state index >= 15 is 0 Å². The molecule has 0 radical (unpaired) electrons. The van der Waals surface area contributed by atoms with Crippen molar-refractivity contribution < 1.29 is 14.2 Å². The summed E-state index contributed by atoms with van der Waals surface area (Å²) in [7, 11) is 1.58. The first kappa shape index (κ1) is 24.0. The Balaban J connectivity index is 1.56. The number of hydrogen-bond acceptors (Lipinski definition) is 9. The average molecular weight is 503 g/mol. The lowest BCUT2D eigenvalue weighted by Gasteiger charge is -2.21. The number of H-pyrrole nitrogens is 1. The number of anilines is 1. The average Bonchev–Trinajstić information content (AvgIpc) is 3.57. The van der Waals surface area contributed by atoms with Crippen LogP contribution in [0.1, 0.15) is 29.4 Å². The van der Waals surface area contributed by atoms with Crippen molar-refractivity contribution in [2.24, 2.45) is 5.73 Å². The van der Waals surface area contributed by atoms with Crippen molar-refractivity contribution in [3.05, 3.63) is 88.4 Å². The summed E-state index contributed by atoms with van der Waals surface area (Å²) in [5.41, 5.74) is 7.16. The van der Waals surface area contributed by atoms with Crippen LogP contribution in [0.3, 0.4) is 0 Å². The molecule has 0 amide bonds. The third-order valence-electron chi connectivity index (χ3n) is 5.82. The monoisotopic (exact) mass is 502 g/mol. The van der Waals surface area contributed by atoms with E-state index in [9.17, 15) is 4.79 Å². The maximum atomic E-state index is 12.8. The number of methoxy groups -OCH3 is 1. The van der Waals surface area contributed by atoms with Crippen LogP contribution in [0.15, 0.2) is 65.7 Å². The molecule has 2 atom stereocenters. The highest BCUT2D eigenvalue weighted by Crippen LogP contribution is 2.32. The summed E-state index contributed by atoms with van der Waals surface area (Å²) in [5.74, 6) is 1.64. The van der Waals surface area contributed by atoms with Gasteiger partial charge in [0.25, 0.3) is 5.95 Å². The van der Waals surface area contributed by atoms with Crippen LogP contribution in [0, 0.1) is 5.41 Å². The lowest BCUT2D eigenvalue weighted by molar-refractivity contribution is 0.141. The van der Waals surface area contributed by atoms with E-state index in [1.54, 1.807) is 43.5 Å². The molecule has 190 valence electrons. The standard InChI is InChI=1S/C25H26N8O4/c1-35-19-11-16(12-20(13-19)37-18-7-10-36-14-18)21(30-17-5-3-15(4-6-17)22(26)27)23-31-25(34)33(32-23)24-28-8-2-9-29-24/h2-6,8-9,11-13,18,21,30H,7,10,14H2,1H3,(H3,26,27)(H,31,32,34)/t18-,21?/m0/s1. The van der Waals surface area contributed by atoms with Crippen LogP contribution in [0.5, 0.6) is 11.5 Å². The molecule has 5 rings (SSSR count). The van der Waals surface area contributed by atoms with Gasteiger partial charge < -0.3 is 25.3 Å². The Morgan fingerprint density at radius 1 is 1.22 bits per heavy atom. The molecule has 12 nitrogen and oxygen atoms in total. The van der Waals surface area contributed by atoms with Gasteiger partial charge in [-0.25, -0.2) is 14.8 Å². The maximum absolute atomic E-state index is 12.8. The molecule has 12 heteroatoms. The van der Waals surface area contributed by atoms with Crippen molar-refractivity contribution in [3.63, 3.8) is 0 Å². The Morgan fingerprint density at radius 3 is 2.65 bits per heavy atom. The van der Waals surface area contributed by atoms with Gasteiger partial charge >= 0.3 is 5.69 Å². The Bertz CT molecular complexity index is 1430. The van der Waals surface area contributed by atoms with E-state index in [0.717, 1.165) is 22.4 Å². The topological polar surface area (TPSA) is 166 Å². The Kier molecular flexibility index (Phi) is 6.81. The number of rotatable bonds is 9. The molecule has 1 fully saturated rings. The van der Waals surface area contributed by atoms with Gasteiger partial charge in [-0.1, -0.05) is 0 Å². The Morgan fingerprint density at radius 2 is 1.97 bits per heavy atom. The van der Waals surface area contributed by atoms with E-state index in [1.807, 2.05) is 12.1 Å². The number of nitrogen functional groups attached to an aromatic ring is 1. The second-order valence-corrected chi connectivity index (χ2v) is 8.39. The fraction of sp³-hybridized carbons (Fsp3) is 0.240. The van der Waals surface area contributed by atoms with Gasteiger partial charge in [0.05, 0.1) is 20.3 Å². The molecule has 5 N–H and O–H groups in total. The summed E-state index contributed by atoms with van der Waals surface area (Å²) in [6.07, 6.45) is 3.81. The third-order valence-corrected chi connectivity index (χ3v) is 5.82. The minimum absolute atomic E-state index is 0.0282. The molecule has 1 aliphatic heterocycles. The summed E-state index contributed by atoms with van der Waals surface area (Å²) in [6.45, 7) is 1.17. The fourth-order valence-electron chi connectivity index (χ4n) is 3.97. The number of nitrogens with two attached hydrogens (primary N) is 1. The van der Waals surface area contributed by atoms with Gasteiger partial charge in [0.2, 0.25) is 0 Å². The molecule has 37 heavy (non-hydrogen) atoms. The second kappa shape index (κ2) is 10.5. The van der Waals surface area contributed by atoms with Gasteiger partial charge in [0.15, 0.2) is 5.82 Å². The summed E-state index contributed by atoms with van der Waals surface area (Å²) >= 11 is 0. The summed E-state index contributed by atoms with van der Waals surface area (Å²) in [6, 6.07) is 13.6. The molecule has 1 unspecified atom stereocenters. The Labute approximate surface area is 211 Å². The molecule has 1 saturated heterocycles. The molecule has 4 aromatic rings. The summed E-state index contributed by atoms with van der Waals surface area (Å²) in [4.78, 5) is 23.9. The third kappa shape index (κ3) is 5.43. The van der Waals surface area contributed by atoms with E-state index in [1.165, 1.54) is 12.4 Å². The van der Waals surface area contributed by atoms with Crippen LogP contribution < -0.4 is 26.2 Å². The number of amidine groups is 1. The fourth-order valence-corrected chi connectivity index (χ4v) is 3.97. The number of nitrogens with zero attached hydrogens (tertiary/aromatic N) is 4. The summed E-state index contributed by atoms with van der Waals surface area (Å²) in [5, 5.41) is 15.5. The molecule has 2 aromatic heterocycles. The number of nitrogens with one attached hydrogen (secondary N) is 3. The van der Waals surface area contributed by atoms with Crippen molar-refractivity contribution >= 4 is 11.5 Å². The van der Waals surface area contributed by atoms with Gasteiger partial charge in [0, 0.05) is 36.1 Å². The molecule has 0 aliphatic carbocycles. The first-order chi connectivity index (χ1) is 18.0. The lowest BCUT2D eigenvalue weighted by atomic mass is 10.0. The zero-order valence-corrected chi connectivity index (χ0v) is 20.0. The highest BCUT2D eigenvalue weighted by atomic mass is 16.5. The van der Waals surface area contributed by atoms with E-state index < -0.39 is 11.7 Å². The summed E-state index contributed by atoms with van der Waals surface area (Å²) < 4.78 is 18.2. The van der Waals surface area contributed by atoms with Crippen molar-refractivity contribution in [3.8, 4) is 17.4 Å². The van der Waals surface area contributed by atoms with Crippen LogP contribution in [0.25, 0.3) is 5.95 Å². The number of aromatic amines is 1. The zero-order valence-electron chi connectivity index (χ0n) is 20.0. The molecular weight excluding hydrogens is 476 g/mol. The smallest absolute Gasteiger partial charge is 0.350 e. The van der Waals surface area contributed by atoms with Crippen LogP contribution in [0.2, 0.25) is 0 Å². The van der Waals surface area contributed by atoms with Crippen LogP contribution in [0.4, 0.5) is 5.69 Å². The van der Waals surface area contributed by atoms with Gasteiger partial charge in [-0.2, -0.15) is 0 Å². The number of aromatic nitrogens is 5. The number of ether oxygens (including phenoxy) is 3. The first-order valence-corrected chi connectivity index (χ1v) is 11.6. The first-order valence-electron chi connectivity index (χ1n) is 11.6. The molecular formula is C25H26N8O4. The SMILES string of the molecule is COc1cc(O[C@H]2CCOC2)cc(C(Nc2ccc(C(=N)N)cc2)c2nn(-c3ncccn3)c(=O)[nH]2)c1.